The lowest BCUT2D eigenvalue weighted by molar-refractivity contribution is -0.115. The SMILES string of the molecule is CN(C)c1ccc(-c2ccc(/C=C/C3=C(C#N)C(=C(C#N)C#N)NC3=O)s2)cc1. The Morgan fingerprint density at radius 1 is 1.03 bits per heavy atom. The summed E-state index contributed by atoms with van der Waals surface area (Å²) in [5, 5.41) is 29.8. The molecule has 1 aliphatic heterocycles. The van der Waals surface area contributed by atoms with E-state index in [0.717, 1.165) is 21.0 Å². The maximum Gasteiger partial charge on any atom is 0.257 e. The van der Waals surface area contributed by atoms with Gasteiger partial charge in [-0.1, -0.05) is 12.1 Å². The molecule has 0 radical (unpaired) electrons. The number of nitriles is 3. The quantitative estimate of drug-likeness (QED) is 0.792. The number of anilines is 1. The zero-order valence-corrected chi connectivity index (χ0v) is 16.5. The lowest BCUT2D eigenvalue weighted by atomic mass is 10.1. The summed E-state index contributed by atoms with van der Waals surface area (Å²) in [7, 11) is 3.98. The summed E-state index contributed by atoms with van der Waals surface area (Å²) in [5.74, 6) is -0.508. The number of nitrogens with one attached hydrogen (secondary N) is 1. The number of benzene rings is 1. The minimum absolute atomic E-state index is 0.000374. The fourth-order valence-corrected chi connectivity index (χ4v) is 3.69. The van der Waals surface area contributed by atoms with Gasteiger partial charge in [0.1, 0.15) is 18.2 Å². The molecule has 1 aromatic heterocycles. The summed E-state index contributed by atoms with van der Waals surface area (Å²) in [4.78, 5) is 16.2. The van der Waals surface area contributed by atoms with Crippen molar-refractivity contribution in [2.75, 3.05) is 19.0 Å². The van der Waals surface area contributed by atoms with E-state index in [-0.39, 0.29) is 22.4 Å². The molecule has 3 rings (SSSR count). The Balaban J connectivity index is 1.89. The Kier molecular flexibility index (Phi) is 5.60. The van der Waals surface area contributed by atoms with Crippen LogP contribution in [0.3, 0.4) is 0 Å². The summed E-state index contributed by atoms with van der Waals surface area (Å²) in [6, 6.07) is 17.4. The third-order valence-corrected chi connectivity index (χ3v) is 5.40. The highest BCUT2D eigenvalue weighted by Gasteiger charge is 2.28. The Morgan fingerprint density at radius 3 is 2.31 bits per heavy atom. The summed E-state index contributed by atoms with van der Waals surface area (Å²) < 4.78 is 0. The van der Waals surface area contributed by atoms with Gasteiger partial charge in [0.05, 0.1) is 16.8 Å². The number of thiophene rings is 1. The highest BCUT2D eigenvalue weighted by atomic mass is 32.1. The van der Waals surface area contributed by atoms with Gasteiger partial charge >= 0.3 is 0 Å². The van der Waals surface area contributed by atoms with Crippen molar-refractivity contribution in [3.8, 4) is 28.6 Å². The second kappa shape index (κ2) is 8.27. The van der Waals surface area contributed by atoms with Crippen molar-refractivity contribution in [3.63, 3.8) is 0 Å². The molecule has 0 saturated carbocycles. The first-order valence-corrected chi connectivity index (χ1v) is 9.36. The van der Waals surface area contributed by atoms with Crippen LogP contribution in [0.5, 0.6) is 0 Å². The Labute approximate surface area is 172 Å². The molecule has 140 valence electrons. The second-order valence-electron chi connectivity index (χ2n) is 6.30. The predicted octanol–water partition coefficient (Wildman–Crippen LogP) is 3.75. The van der Waals surface area contributed by atoms with E-state index in [4.69, 9.17) is 10.5 Å². The molecule has 6 nitrogen and oxygen atoms in total. The molecule has 1 amide bonds. The molecule has 0 aliphatic carbocycles. The molecule has 2 aromatic rings. The van der Waals surface area contributed by atoms with E-state index < -0.39 is 5.91 Å². The molecule has 0 spiro atoms. The molecule has 1 aromatic carbocycles. The lowest BCUT2D eigenvalue weighted by Gasteiger charge is -2.12. The number of amides is 1. The summed E-state index contributed by atoms with van der Waals surface area (Å²) in [5.41, 5.74) is 2.02. The van der Waals surface area contributed by atoms with E-state index in [1.54, 1.807) is 29.6 Å². The second-order valence-corrected chi connectivity index (χ2v) is 7.42. The molecule has 29 heavy (non-hydrogen) atoms. The van der Waals surface area contributed by atoms with Crippen LogP contribution in [0.25, 0.3) is 16.5 Å². The van der Waals surface area contributed by atoms with Gasteiger partial charge in [-0.15, -0.1) is 11.3 Å². The van der Waals surface area contributed by atoms with Crippen molar-refractivity contribution >= 4 is 29.0 Å². The normalized spacial score (nSPS) is 13.1. The van der Waals surface area contributed by atoms with Crippen LogP contribution in [0.1, 0.15) is 4.88 Å². The number of hydrogen-bond acceptors (Lipinski definition) is 6. The number of carbonyl (C=O) groups is 1. The van der Waals surface area contributed by atoms with Crippen molar-refractivity contribution in [2.45, 2.75) is 0 Å². The van der Waals surface area contributed by atoms with Crippen molar-refractivity contribution < 1.29 is 4.79 Å². The topological polar surface area (TPSA) is 104 Å². The fraction of sp³-hybridized carbons (Fsp3) is 0.0909. The fourth-order valence-electron chi connectivity index (χ4n) is 2.78. The molecule has 0 saturated heterocycles. The van der Waals surface area contributed by atoms with Gasteiger partial charge in [-0.25, -0.2) is 0 Å². The smallest absolute Gasteiger partial charge is 0.257 e. The van der Waals surface area contributed by atoms with Crippen molar-refractivity contribution in [3.05, 3.63) is 69.8 Å². The van der Waals surface area contributed by atoms with E-state index in [1.165, 1.54) is 6.08 Å². The van der Waals surface area contributed by atoms with Gasteiger partial charge in [0, 0.05) is 29.5 Å². The number of carbonyl (C=O) groups excluding carboxylic acids is 1. The van der Waals surface area contributed by atoms with Gasteiger partial charge in [-0.3, -0.25) is 4.79 Å². The van der Waals surface area contributed by atoms with Crippen molar-refractivity contribution in [1.29, 1.82) is 15.8 Å². The molecule has 0 unspecified atom stereocenters. The Bertz CT molecular complexity index is 1180. The number of rotatable bonds is 4. The molecule has 2 heterocycles. The van der Waals surface area contributed by atoms with Gasteiger partial charge in [0.25, 0.3) is 5.91 Å². The molecule has 0 fully saturated rings. The molecule has 1 N–H and O–H groups in total. The van der Waals surface area contributed by atoms with E-state index in [9.17, 15) is 10.1 Å². The monoisotopic (exact) mass is 397 g/mol. The van der Waals surface area contributed by atoms with Crippen LogP contribution in [0, 0.1) is 34.0 Å². The lowest BCUT2D eigenvalue weighted by Crippen LogP contribution is -2.17. The van der Waals surface area contributed by atoms with E-state index in [2.05, 4.69) is 17.4 Å². The Morgan fingerprint density at radius 2 is 1.72 bits per heavy atom. The zero-order valence-electron chi connectivity index (χ0n) is 15.7. The van der Waals surface area contributed by atoms with Gasteiger partial charge < -0.3 is 10.2 Å². The summed E-state index contributed by atoms with van der Waals surface area (Å²) in [6.45, 7) is 0. The average molecular weight is 397 g/mol. The molecule has 7 heteroatoms. The number of nitrogens with zero attached hydrogens (tertiary/aromatic N) is 4. The minimum Gasteiger partial charge on any atom is -0.378 e. The van der Waals surface area contributed by atoms with Crippen LogP contribution in [0.2, 0.25) is 0 Å². The zero-order chi connectivity index (χ0) is 21.0. The van der Waals surface area contributed by atoms with Crippen molar-refractivity contribution in [1.82, 2.24) is 5.32 Å². The van der Waals surface area contributed by atoms with Crippen LogP contribution in [-0.4, -0.2) is 20.0 Å². The van der Waals surface area contributed by atoms with Gasteiger partial charge in [0.2, 0.25) is 0 Å². The summed E-state index contributed by atoms with van der Waals surface area (Å²) in [6.07, 6.45) is 3.29. The average Bonchev–Trinajstić information content (AvgIpc) is 3.32. The third kappa shape index (κ3) is 3.94. The maximum absolute atomic E-state index is 12.2. The molecular weight excluding hydrogens is 382 g/mol. The number of allylic oxidation sites excluding steroid dienone is 2. The molecule has 0 atom stereocenters. The Hall–Kier alpha value is -4.12. The van der Waals surface area contributed by atoms with E-state index in [1.807, 2.05) is 49.3 Å². The van der Waals surface area contributed by atoms with E-state index in [0.29, 0.717) is 0 Å². The highest BCUT2D eigenvalue weighted by Crippen LogP contribution is 2.31. The van der Waals surface area contributed by atoms with Gasteiger partial charge in [-0.2, -0.15) is 15.8 Å². The van der Waals surface area contributed by atoms with Crippen LogP contribution in [0.15, 0.2) is 64.9 Å². The first-order chi connectivity index (χ1) is 14.0. The first-order valence-electron chi connectivity index (χ1n) is 8.54. The van der Waals surface area contributed by atoms with Crippen LogP contribution in [-0.2, 0) is 4.79 Å². The van der Waals surface area contributed by atoms with Crippen LogP contribution in [0.4, 0.5) is 5.69 Å². The van der Waals surface area contributed by atoms with E-state index >= 15 is 0 Å². The maximum atomic E-state index is 12.2. The largest absolute Gasteiger partial charge is 0.378 e. The van der Waals surface area contributed by atoms with Crippen LogP contribution < -0.4 is 10.2 Å². The standard InChI is InChI=1S/C22H15N5OS/c1-27(2)16-5-3-14(4-6-16)20-10-8-17(29-20)7-9-18-19(13-25)21(26-22(18)28)15(11-23)12-24/h3-10H,1-2H3,(H,26,28)/b9-7+. The highest BCUT2D eigenvalue weighted by molar-refractivity contribution is 7.16. The van der Waals surface area contributed by atoms with Crippen molar-refractivity contribution in [2.24, 2.45) is 0 Å². The summed E-state index contributed by atoms with van der Waals surface area (Å²) >= 11 is 1.56. The molecule has 1 aliphatic rings. The first kappa shape index (κ1) is 19.6. The predicted molar refractivity (Wildman–Crippen MR) is 112 cm³/mol. The number of hydrogen-bond donors (Lipinski definition) is 1. The van der Waals surface area contributed by atoms with Crippen LogP contribution >= 0.6 is 11.3 Å². The van der Waals surface area contributed by atoms with Gasteiger partial charge in [0.15, 0.2) is 5.57 Å². The molecular formula is C22H15N5OS. The molecule has 0 bridgehead atoms. The van der Waals surface area contributed by atoms with Gasteiger partial charge in [-0.05, 0) is 42.0 Å². The third-order valence-electron chi connectivity index (χ3n) is 4.30. The minimum atomic E-state index is -0.508.